The second kappa shape index (κ2) is 5.05. The third-order valence-corrected chi connectivity index (χ3v) is 4.17. The highest BCUT2D eigenvalue weighted by molar-refractivity contribution is 4.92. The zero-order chi connectivity index (χ0) is 12.4. The van der Waals surface area contributed by atoms with Crippen LogP contribution < -0.4 is 5.73 Å². The Bertz CT molecular complexity index is 213. The predicted octanol–water partition coefficient (Wildman–Crippen LogP) is 2.87. The van der Waals surface area contributed by atoms with E-state index < -0.39 is 0 Å². The highest BCUT2D eigenvalue weighted by Gasteiger charge is 2.35. The lowest BCUT2D eigenvalue weighted by Crippen LogP contribution is -2.55. The summed E-state index contributed by atoms with van der Waals surface area (Å²) in [5.41, 5.74) is 6.76. The van der Waals surface area contributed by atoms with E-state index in [1.807, 2.05) is 0 Å². The number of rotatable bonds is 4. The van der Waals surface area contributed by atoms with Gasteiger partial charge in [-0.25, -0.2) is 0 Å². The Kier molecular flexibility index (Phi) is 4.42. The summed E-state index contributed by atoms with van der Waals surface area (Å²) in [5.74, 6) is 0.725. The smallest absolute Gasteiger partial charge is 0.0306 e. The van der Waals surface area contributed by atoms with Gasteiger partial charge < -0.3 is 5.73 Å². The van der Waals surface area contributed by atoms with Gasteiger partial charge in [-0.15, -0.1) is 0 Å². The van der Waals surface area contributed by atoms with Gasteiger partial charge in [0, 0.05) is 12.1 Å². The fourth-order valence-corrected chi connectivity index (χ4v) is 2.87. The molecule has 0 bridgehead atoms. The van der Waals surface area contributed by atoms with Crippen LogP contribution in [0.3, 0.4) is 0 Å². The second-order valence-corrected chi connectivity index (χ2v) is 6.95. The molecule has 0 aliphatic carbocycles. The van der Waals surface area contributed by atoms with Gasteiger partial charge in [-0.1, -0.05) is 27.7 Å². The molecule has 1 atom stereocenters. The first-order chi connectivity index (χ1) is 7.29. The van der Waals surface area contributed by atoms with E-state index in [-0.39, 0.29) is 5.54 Å². The number of piperidine rings is 1. The van der Waals surface area contributed by atoms with Gasteiger partial charge in [-0.3, -0.25) is 4.90 Å². The van der Waals surface area contributed by atoms with Crippen LogP contribution >= 0.6 is 0 Å². The number of hydrogen-bond donors (Lipinski definition) is 1. The van der Waals surface area contributed by atoms with Crippen LogP contribution in [0.1, 0.15) is 53.9 Å². The summed E-state index contributed by atoms with van der Waals surface area (Å²) < 4.78 is 0. The van der Waals surface area contributed by atoms with Gasteiger partial charge in [-0.2, -0.15) is 0 Å². The van der Waals surface area contributed by atoms with Crippen molar-refractivity contribution in [2.24, 2.45) is 17.1 Å². The molecule has 1 aliphatic heterocycles. The van der Waals surface area contributed by atoms with Crippen molar-refractivity contribution in [1.29, 1.82) is 0 Å². The van der Waals surface area contributed by atoms with Gasteiger partial charge in [0.05, 0.1) is 0 Å². The maximum absolute atomic E-state index is 6.01. The molecule has 1 heterocycles. The minimum Gasteiger partial charge on any atom is -0.329 e. The van der Waals surface area contributed by atoms with Crippen LogP contribution in [0.2, 0.25) is 0 Å². The third kappa shape index (κ3) is 3.46. The first-order valence-corrected chi connectivity index (χ1v) is 6.74. The fourth-order valence-electron chi connectivity index (χ4n) is 2.87. The Balaban J connectivity index is 2.61. The highest BCUT2D eigenvalue weighted by atomic mass is 15.2. The quantitative estimate of drug-likeness (QED) is 0.798. The Labute approximate surface area is 102 Å². The Hall–Kier alpha value is -0.0800. The van der Waals surface area contributed by atoms with Crippen LogP contribution in [0, 0.1) is 11.3 Å². The minimum absolute atomic E-state index is 0.213. The predicted molar refractivity (Wildman–Crippen MR) is 71.5 cm³/mol. The first kappa shape index (κ1) is 14.0. The number of hydrogen-bond acceptors (Lipinski definition) is 2. The van der Waals surface area contributed by atoms with E-state index in [0.29, 0.717) is 5.41 Å². The second-order valence-electron chi connectivity index (χ2n) is 6.95. The van der Waals surface area contributed by atoms with Gasteiger partial charge in [-0.05, 0) is 50.6 Å². The van der Waals surface area contributed by atoms with Gasteiger partial charge >= 0.3 is 0 Å². The van der Waals surface area contributed by atoms with Crippen molar-refractivity contribution in [2.45, 2.75) is 59.4 Å². The Morgan fingerprint density at radius 1 is 1.25 bits per heavy atom. The van der Waals surface area contributed by atoms with Gasteiger partial charge in [0.25, 0.3) is 0 Å². The molecule has 1 rings (SSSR count). The summed E-state index contributed by atoms with van der Waals surface area (Å²) in [5, 5.41) is 0. The molecule has 2 nitrogen and oxygen atoms in total. The molecular weight excluding hydrogens is 196 g/mol. The van der Waals surface area contributed by atoms with E-state index in [1.54, 1.807) is 0 Å². The minimum atomic E-state index is 0.213. The summed E-state index contributed by atoms with van der Waals surface area (Å²) in [6.45, 7) is 14.9. The van der Waals surface area contributed by atoms with Crippen LogP contribution in [0.15, 0.2) is 0 Å². The molecule has 1 unspecified atom stereocenters. The topological polar surface area (TPSA) is 29.3 Å². The van der Waals surface area contributed by atoms with Crippen molar-refractivity contribution in [3.63, 3.8) is 0 Å². The maximum Gasteiger partial charge on any atom is 0.0306 e. The average Bonchev–Trinajstić information content (AvgIpc) is 2.16. The molecule has 0 saturated carbocycles. The van der Waals surface area contributed by atoms with Crippen molar-refractivity contribution in [3.05, 3.63) is 0 Å². The summed E-state index contributed by atoms with van der Waals surface area (Å²) >= 11 is 0. The maximum atomic E-state index is 6.01. The van der Waals surface area contributed by atoms with Crippen molar-refractivity contribution >= 4 is 0 Å². The molecule has 0 aromatic carbocycles. The van der Waals surface area contributed by atoms with E-state index in [4.69, 9.17) is 5.73 Å². The zero-order valence-corrected chi connectivity index (χ0v) is 11.8. The largest absolute Gasteiger partial charge is 0.329 e. The molecule has 0 spiro atoms. The van der Waals surface area contributed by atoms with Crippen LogP contribution in [0.4, 0.5) is 0 Å². The lowest BCUT2D eigenvalue weighted by Gasteiger charge is -2.47. The molecule has 1 aliphatic rings. The molecule has 1 fully saturated rings. The molecule has 0 radical (unpaired) electrons. The normalized spacial score (nSPS) is 25.7. The molecule has 1 saturated heterocycles. The average molecular weight is 226 g/mol. The standard InChI is InChI=1S/C14H30N2/c1-12(2)10-14(5,11-15)16-8-6-13(3,4)7-9-16/h12H,6-11,15H2,1-5H3. The van der Waals surface area contributed by atoms with Crippen molar-refractivity contribution in [2.75, 3.05) is 19.6 Å². The highest BCUT2D eigenvalue weighted by Crippen LogP contribution is 2.34. The molecule has 2 heteroatoms. The Morgan fingerprint density at radius 2 is 1.75 bits per heavy atom. The lowest BCUT2D eigenvalue weighted by atomic mass is 9.79. The van der Waals surface area contributed by atoms with Crippen molar-refractivity contribution in [3.8, 4) is 0 Å². The van der Waals surface area contributed by atoms with Gasteiger partial charge in [0.1, 0.15) is 0 Å². The van der Waals surface area contributed by atoms with E-state index in [0.717, 1.165) is 12.5 Å². The third-order valence-electron chi connectivity index (χ3n) is 4.17. The van der Waals surface area contributed by atoms with Gasteiger partial charge in [0.2, 0.25) is 0 Å². The van der Waals surface area contributed by atoms with Crippen molar-refractivity contribution < 1.29 is 0 Å². The lowest BCUT2D eigenvalue weighted by molar-refractivity contribution is 0.0308. The summed E-state index contributed by atoms with van der Waals surface area (Å²) in [6.07, 6.45) is 3.82. The first-order valence-electron chi connectivity index (χ1n) is 6.74. The van der Waals surface area contributed by atoms with E-state index in [1.165, 1.54) is 32.4 Å². The molecule has 0 amide bonds. The molecular formula is C14H30N2. The molecule has 2 N–H and O–H groups in total. The number of nitrogens with zero attached hydrogens (tertiary/aromatic N) is 1. The van der Waals surface area contributed by atoms with E-state index in [2.05, 4.69) is 39.5 Å². The van der Waals surface area contributed by atoms with Crippen LogP contribution in [0.5, 0.6) is 0 Å². The molecule has 0 aromatic heterocycles. The van der Waals surface area contributed by atoms with Gasteiger partial charge in [0.15, 0.2) is 0 Å². The molecule has 16 heavy (non-hydrogen) atoms. The van der Waals surface area contributed by atoms with E-state index in [9.17, 15) is 0 Å². The fraction of sp³-hybridized carbons (Fsp3) is 1.00. The van der Waals surface area contributed by atoms with Crippen LogP contribution in [-0.4, -0.2) is 30.1 Å². The van der Waals surface area contributed by atoms with Crippen molar-refractivity contribution in [1.82, 2.24) is 4.90 Å². The Morgan fingerprint density at radius 3 is 2.12 bits per heavy atom. The summed E-state index contributed by atoms with van der Waals surface area (Å²) in [7, 11) is 0. The molecule has 0 aromatic rings. The number of nitrogens with two attached hydrogens (primary N) is 1. The zero-order valence-electron chi connectivity index (χ0n) is 11.8. The van der Waals surface area contributed by atoms with Crippen LogP contribution in [-0.2, 0) is 0 Å². The monoisotopic (exact) mass is 226 g/mol. The molecule has 96 valence electrons. The van der Waals surface area contributed by atoms with E-state index >= 15 is 0 Å². The summed E-state index contributed by atoms with van der Waals surface area (Å²) in [6, 6.07) is 0. The number of likely N-dealkylation sites (tertiary alicyclic amines) is 1. The van der Waals surface area contributed by atoms with Crippen LogP contribution in [0.25, 0.3) is 0 Å². The summed E-state index contributed by atoms with van der Waals surface area (Å²) in [4.78, 5) is 2.62. The SMILES string of the molecule is CC(C)CC(C)(CN)N1CCC(C)(C)CC1.